The highest BCUT2D eigenvalue weighted by atomic mass is 16.3. The summed E-state index contributed by atoms with van der Waals surface area (Å²) in [5.41, 5.74) is 0.820. The Kier molecular flexibility index (Phi) is 1.69. The van der Waals surface area contributed by atoms with Crippen LogP contribution in [0.25, 0.3) is 32.3 Å². The highest BCUT2D eigenvalue weighted by Gasteiger charge is 2.12. The van der Waals surface area contributed by atoms with Gasteiger partial charge in [0.25, 0.3) is 0 Å². The number of hydrogen-bond donors (Lipinski definition) is 0. The highest BCUT2D eigenvalue weighted by Crippen LogP contribution is 2.39. The largest absolute Gasteiger partial charge is 0.289 e. The van der Waals surface area contributed by atoms with E-state index in [-0.39, 0.29) is 5.75 Å². The van der Waals surface area contributed by atoms with Crippen molar-refractivity contribution in [1.82, 2.24) is 0 Å². The van der Waals surface area contributed by atoms with E-state index < -0.39 is 0 Å². The van der Waals surface area contributed by atoms with E-state index in [2.05, 4.69) is 30.3 Å². The highest BCUT2D eigenvalue weighted by molar-refractivity contribution is 6.24. The Balaban J connectivity index is 2.46. The normalized spacial score (nSPS) is 11.8. The molecule has 1 nitrogen and oxygen atoms in total. The lowest BCUT2D eigenvalue weighted by Gasteiger charge is -2.11. The van der Waals surface area contributed by atoms with E-state index in [4.69, 9.17) is 0 Å². The molecule has 0 spiro atoms. The van der Waals surface area contributed by atoms with E-state index in [1.165, 1.54) is 16.2 Å². The average molecular weight is 231 g/mol. The van der Waals surface area contributed by atoms with Crippen LogP contribution < -0.4 is 0 Å². The summed E-state index contributed by atoms with van der Waals surface area (Å²) in [5, 5.41) is 19.0. The van der Waals surface area contributed by atoms with Crippen LogP contribution in [0.3, 0.4) is 0 Å². The zero-order valence-electron chi connectivity index (χ0n) is 10.0. The topological polar surface area (TPSA) is 19.9 Å². The summed E-state index contributed by atoms with van der Waals surface area (Å²) in [6.45, 7) is 1.89. The van der Waals surface area contributed by atoms with Crippen molar-refractivity contribution in [2.75, 3.05) is 0 Å². The van der Waals surface area contributed by atoms with E-state index in [0.29, 0.717) is 0 Å². The van der Waals surface area contributed by atoms with E-state index in [1.807, 2.05) is 25.1 Å². The van der Waals surface area contributed by atoms with Crippen LogP contribution in [0.15, 0.2) is 48.5 Å². The molecule has 0 aromatic heterocycles. The van der Waals surface area contributed by atoms with Crippen molar-refractivity contribution in [1.29, 1.82) is 0 Å². The lowest BCUT2D eigenvalue weighted by atomic mass is 9.92. The molecule has 0 atom stereocenters. The van der Waals surface area contributed by atoms with Gasteiger partial charge in [0.2, 0.25) is 0 Å². The van der Waals surface area contributed by atoms with Crippen molar-refractivity contribution in [2.24, 2.45) is 0 Å². The van der Waals surface area contributed by atoms with Crippen LogP contribution in [-0.4, -0.2) is 0 Å². The molecular formula is C17H11O. The summed E-state index contributed by atoms with van der Waals surface area (Å²) < 4.78 is 0. The van der Waals surface area contributed by atoms with Crippen LogP contribution >= 0.6 is 0 Å². The fraction of sp³-hybridized carbons (Fsp3) is 0.0588. The molecule has 4 aromatic carbocycles. The third-order valence-electron chi connectivity index (χ3n) is 3.78. The Bertz CT molecular complexity index is 874. The monoisotopic (exact) mass is 231 g/mol. The molecule has 0 saturated carbocycles. The van der Waals surface area contributed by atoms with Crippen molar-refractivity contribution in [3.8, 4) is 5.75 Å². The number of rotatable bonds is 0. The SMILES string of the molecule is Cc1cc2ccc3cccc4ccc(c1[O])c2c34. The van der Waals surface area contributed by atoms with Crippen molar-refractivity contribution in [2.45, 2.75) is 6.92 Å². The lowest BCUT2D eigenvalue weighted by Crippen LogP contribution is -1.85. The van der Waals surface area contributed by atoms with Gasteiger partial charge >= 0.3 is 0 Å². The maximum atomic E-state index is 12.2. The van der Waals surface area contributed by atoms with Gasteiger partial charge in [0, 0.05) is 10.8 Å². The standard InChI is InChI=1S/C17H11O/c1-10-9-13-6-5-11-3-2-4-12-7-8-14(17(10)18)16(13)15(11)12/h2-9H,1H3. The van der Waals surface area contributed by atoms with Crippen LogP contribution in [0, 0.1) is 6.92 Å². The fourth-order valence-corrected chi connectivity index (χ4v) is 2.93. The van der Waals surface area contributed by atoms with E-state index in [0.717, 1.165) is 21.7 Å². The Hall–Kier alpha value is -2.28. The minimum absolute atomic E-state index is 0.153. The van der Waals surface area contributed by atoms with Crippen molar-refractivity contribution < 1.29 is 5.11 Å². The molecule has 18 heavy (non-hydrogen) atoms. The molecule has 0 N–H and O–H groups in total. The van der Waals surface area contributed by atoms with Gasteiger partial charge in [0.05, 0.1) is 0 Å². The van der Waals surface area contributed by atoms with Crippen LogP contribution in [0.5, 0.6) is 5.75 Å². The molecule has 4 rings (SSSR count). The molecule has 85 valence electrons. The van der Waals surface area contributed by atoms with Crippen molar-refractivity contribution in [3.63, 3.8) is 0 Å². The van der Waals surface area contributed by atoms with Crippen molar-refractivity contribution >= 4 is 32.3 Å². The van der Waals surface area contributed by atoms with Gasteiger partial charge in [-0.25, -0.2) is 0 Å². The third-order valence-corrected chi connectivity index (χ3v) is 3.78. The van der Waals surface area contributed by atoms with Gasteiger partial charge in [-0.2, -0.15) is 0 Å². The van der Waals surface area contributed by atoms with Gasteiger partial charge in [-0.1, -0.05) is 36.4 Å². The molecule has 0 bridgehead atoms. The Morgan fingerprint density at radius 2 is 1.44 bits per heavy atom. The molecule has 0 saturated heterocycles. The summed E-state index contributed by atoms with van der Waals surface area (Å²) >= 11 is 0. The minimum atomic E-state index is 0.153. The predicted octanol–water partition coefficient (Wildman–Crippen LogP) is 5.04. The maximum absolute atomic E-state index is 12.2. The first-order valence-corrected chi connectivity index (χ1v) is 6.10. The first-order valence-electron chi connectivity index (χ1n) is 6.10. The minimum Gasteiger partial charge on any atom is -0.289 e. The molecule has 0 aliphatic carbocycles. The number of benzene rings is 4. The molecule has 0 aliphatic rings. The molecule has 0 heterocycles. The smallest absolute Gasteiger partial charge is 0.189 e. The summed E-state index contributed by atoms with van der Waals surface area (Å²) in [6.07, 6.45) is 0. The molecule has 1 heteroatoms. The summed E-state index contributed by atoms with van der Waals surface area (Å²) in [5.74, 6) is 0.153. The van der Waals surface area contributed by atoms with Gasteiger partial charge in [-0.15, -0.1) is 0 Å². The van der Waals surface area contributed by atoms with E-state index >= 15 is 0 Å². The molecule has 4 aromatic rings. The van der Waals surface area contributed by atoms with Gasteiger partial charge in [-0.3, -0.25) is 5.11 Å². The fourth-order valence-electron chi connectivity index (χ4n) is 2.93. The zero-order chi connectivity index (χ0) is 12.3. The predicted molar refractivity (Wildman–Crippen MR) is 75.0 cm³/mol. The van der Waals surface area contributed by atoms with E-state index in [9.17, 15) is 5.11 Å². The van der Waals surface area contributed by atoms with Crippen molar-refractivity contribution in [3.05, 3.63) is 54.1 Å². The summed E-state index contributed by atoms with van der Waals surface area (Å²) in [6, 6.07) is 16.5. The van der Waals surface area contributed by atoms with Gasteiger partial charge < -0.3 is 0 Å². The Morgan fingerprint density at radius 1 is 0.778 bits per heavy atom. The Morgan fingerprint density at radius 3 is 2.22 bits per heavy atom. The quantitative estimate of drug-likeness (QED) is 0.378. The van der Waals surface area contributed by atoms with Gasteiger partial charge in [-0.05, 0) is 46.2 Å². The van der Waals surface area contributed by atoms with Crippen LogP contribution in [0.2, 0.25) is 0 Å². The van der Waals surface area contributed by atoms with Crippen LogP contribution in [0.4, 0.5) is 0 Å². The zero-order valence-corrected chi connectivity index (χ0v) is 10.0. The lowest BCUT2D eigenvalue weighted by molar-refractivity contribution is 0.357. The third kappa shape index (κ3) is 1.06. The molecular weight excluding hydrogens is 220 g/mol. The number of aryl methyl sites for hydroxylation is 1. The van der Waals surface area contributed by atoms with Gasteiger partial charge in [0.15, 0.2) is 5.75 Å². The van der Waals surface area contributed by atoms with Gasteiger partial charge in [0.1, 0.15) is 0 Å². The molecule has 1 radical (unpaired) electrons. The first kappa shape index (κ1) is 9.72. The molecule has 0 fully saturated rings. The second kappa shape index (κ2) is 3.14. The molecule has 0 aliphatic heterocycles. The molecule has 0 amide bonds. The van der Waals surface area contributed by atoms with E-state index in [1.54, 1.807) is 0 Å². The maximum Gasteiger partial charge on any atom is 0.189 e. The Labute approximate surface area is 105 Å². The number of hydrogen-bond acceptors (Lipinski definition) is 0. The average Bonchev–Trinajstić information content (AvgIpc) is 2.40. The van der Waals surface area contributed by atoms with Crippen LogP contribution in [-0.2, 0) is 5.11 Å². The molecule has 0 unspecified atom stereocenters. The second-order valence-electron chi connectivity index (χ2n) is 4.88. The first-order chi connectivity index (χ1) is 8.75. The summed E-state index contributed by atoms with van der Waals surface area (Å²) in [7, 11) is 0. The summed E-state index contributed by atoms with van der Waals surface area (Å²) in [4.78, 5) is 0. The second-order valence-corrected chi connectivity index (χ2v) is 4.88. The van der Waals surface area contributed by atoms with Crippen LogP contribution in [0.1, 0.15) is 5.56 Å².